The topological polar surface area (TPSA) is 61.4 Å². The van der Waals surface area contributed by atoms with Gasteiger partial charge < -0.3 is 15.7 Å². The van der Waals surface area contributed by atoms with Gasteiger partial charge in [0.05, 0.1) is 12.6 Å². The summed E-state index contributed by atoms with van der Waals surface area (Å²) in [6.07, 6.45) is 0.772. The Morgan fingerprint density at radius 1 is 1.32 bits per heavy atom. The molecule has 0 bridgehead atoms. The summed E-state index contributed by atoms with van der Waals surface area (Å²) in [6.45, 7) is 6.61. The number of aliphatic hydroxyl groups is 1. The summed E-state index contributed by atoms with van der Waals surface area (Å²) in [4.78, 5) is 11.7. The minimum absolute atomic E-state index is 0.0318. The van der Waals surface area contributed by atoms with Gasteiger partial charge in [0.15, 0.2) is 0 Å². The number of hydrogen-bond acceptors (Lipinski definition) is 2. The number of carbonyl (C=O) groups is 1. The van der Waals surface area contributed by atoms with E-state index >= 15 is 0 Å². The lowest BCUT2D eigenvalue weighted by atomic mass is 10.0. The first kappa shape index (κ1) is 15.5. The van der Waals surface area contributed by atoms with Crippen molar-refractivity contribution in [2.45, 2.75) is 39.8 Å². The molecule has 0 aromatic heterocycles. The van der Waals surface area contributed by atoms with E-state index in [1.807, 2.05) is 31.2 Å². The molecule has 0 radical (unpaired) electrons. The van der Waals surface area contributed by atoms with Crippen molar-refractivity contribution in [3.8, 4) is 0 Å². The number of aryl methyl sites for hydroxylation is 1. The number of carbonyl (C=O) groups excluding carboxylic acids is 1. The standard InChI is InChI=1S/C15H24N2O2/c1-11(2)8-14(10-18)17-15(19)16-9-13-7-5-4-6-12(13)3/h4-7,11,14,18H,8-10H2,1-3H3,(H2,16,17,19). The van der Waals surface area contributed by atoms with Crippen LogP contribution in [0.15, 0.2) is 24.3 Å². The fourth-order valence-corrected chi connectivity index (χ4v) is 1.97. The van der Waals surface area contributed by atoms with Crippen molar-refractivity contribution in [2.24, 2.45) is 5.92 Å². The molecule has 0 aliphatic carbocycles. The number of urea groups is 1. The van der Waals surface area contributed by atoms with Gasteiger partial charge in [0, 0.05) is 6.54 Å². The summed E-state index contributed by atoms with van der Waals surface area (Å²) < 4.78 is 0. The lowest BCUT2D eigenvalue weighted by Gasteiger charge is -2.18. The van der Waals surface area contributed by atoms with Crippen LogP contribution in [0, 0.1) is 12.8 Å². The molecule has 19 heavy (non-hydrogen) atoms. The molecule has 0 fully saturated rings. The first-order chi connectivity index (χ1) is 9.02. The number of benzene rings is 1. The van der Waals surface area contributed by atoms with Crippen LogP contribution in [0.2, 0.25) is 0 Å². The average Bonchev–Trinajstić information content (AvgIpc) is 2.36. The number of aliphatic hydroxyl groups excluding tert-OH is 1. The van der Waals surface area contributed by atoms with Crippen LogP contribution in [0.3, 0.4) is 0 Å². The summed E-state index contributed by atoms with van der Waals surface area (Å²) in [5.74, 6) is 0.439. The summed E-state index contributed by atoms with van der Waals surface area (Å²) in [5.41, 5.74) is 2.26. The molecule has 1 rings (SSSR count). The van der Waals surface area contributed by atoms with Gasteiger partial charge in [-0.05, 0) is 30.4 Å². The van der Waals surface area contributed by atoms with Gasteiger partial charge in [0.1, 0.15) is 0 Å². The maximum absolute atomic E-state index is 11.7. The molecule has 4 nitrogen and oxygen atoms in total. The zero-order valence-corrected chi connectivity index (χ0v) is 11.9. The molecular weight excluding hydrogens is 240 g/mol. The molecule has 0 spiro atoms. The predicted molar refractivity (Wildman–Crippen MR) is 76.9 cm³/mol. The highest BCUT2D eigenvalue weighted by Gasteiger charge is 2.12. The van der Waals surface area contributed by atoms with Crippen LogP contribution in [0.25, 0.3) is 0 Å². The van der Waals surface area contributed by atoms with E-state index < -0.39 is 0 Å². The van der Waals surface area contributed by atoms with E-state index in [0.717, 1.165) is 17.5 Å². The highest BCUT2D eigenvalue weighted by molar-refractivity contribution is 5.74. The molecule has 3 N–H and O–H groups in total. The van der Waals surface area contributed by atoms with Crippen LogP contribution in [-0.4, -0.2) is 23.8 Å². The normalized spacial score (nSPS) is 12.3. The SMILES string of the molecule is Cc1ccccc1CNC(=O)NC(CO)CC(C)C. The van der Waals surface area contributed by atoms with Crippen LogP contribution in [0.5, 0.6) is 0 Å². The third kappa shape index (κ3) is 5.75. The molecule has 1 aromatic carbocycles. The van der Waals surface area contributed by atoms with Gasteiger partial charge in [-0.15, -0.1) is 0 Å². The first-order valence-electron chi connectivity index (χ1n) is 6.72. The zero-order chi connectivity index (χ0) is 14.3. The van der Waals surface area contributed by atoms with Crippen molar-refractivity contribution in [3.05, 3.63) is 35.4 Å². The smallest absolute Gasteiger partial charge is 0.315 e. The Morgan fingerprint density at radius 2 is 2.00 bits per heavy atom. The second kappa shape index (κ2) is 7.79. The van der Waals surface area contributed by atoms with Gasteiger partial charge in [0.25, 0.3) is 0 Å². The third-order valence-corrected chi connectivity index (χ3v) is 3.01. The first-order valence-corrected chi connectivity index (χ1v) is 6.72. The second-order valence-corrected chi connectivity index (χ2v) is 5.26. The minimum Gasteiger partial charge on any atom is -0.394 e. The van der Waals surface area contributed by atoms with Gasteiger partial charge >= 0.3 is 6.03 Å². The second-order valence-electron chi connectivity index (χ2n) is 5.26. The van der Waals surface area contributed by atoms with E-state index in [0.29, 0.717) is 12.5 Å². The lowest BCUT2D eigenvalue weighted by Crippen LogP contribution is -2.44. The number of hydrogen-bond donors (Lipinski definition) is 3. The quantitative estimate of drug-likeness (QED) is 0.737. The monoisotopic (exact) mass is 264 g/mol. The maximum Gasteiger partial charge on any atom is 0.315 e. The molecular formula is C15H24N2O2. The summed E-state index contributed by atoms with van der Waals surface area (Å²) >= 11 is 0. The van der Waals surface area contributed by atoms with Crippen molar-refractivity contribution in [2.75, 3.05) is 6.61 Å². The summed E-state index contributed by atoms with van der Waals surface area (Å²) in [7, 11) is 0. The molecule has 4 heteroatoms. The largest absolute Gasteiger partial charge is 0.394 e. The van der Waals surface area contributed by atoms with Crippen LogP contribution < -0.4 is 10.6 Å². The Hall–Kier alpha value is -1.55. The van der Waals surface area contributed by atoms with Crippen LogP contribution >= 0.6 is 0 Å². The van der Waals surface area contributed by atoms with Crippen LogP contribution in [0.4, 0.5) is 4.79 Å². The van der Waals surface area contributed by atoms with Crippen molar-refractivity contribution in [1.29, 1.82) is 0 Å². The van der Waals surface area contributed by atoms with Crippen LogP contribution in [-0.2, 0) is 6.54 Å². The summed E-state index contributed by atoms with van der Waals surface area (Å²) in [6, 6.07) is 7.53. The van der Waals surface area contributed by atoms with Crippen molar-refractivity contribution < 1.29 is 9.90 Å². The molecule has 1 aromatic rings. The molecule has 0 saturated heterocycles. The average molecular weight is 264 g/mol. The fraction of sp³-hybridized carbons (Fsp3) is 0.533. The van der Waals surface area contributed by atoms with Crippen LogP contribution in [0.1, 0.15) is 31.4 Å². The molecule has 1 unspecified atom stereocenters. The molecule has 106 valence electrons. The van der Waals surface area contributed by atoms with E-state index in [-0.39, 0.29) is 18.7 Å². The van der Waals surface area contributed by atoms with Gasteiger partial charge in [-0.3, -0.25) is 0 Å². The van der Waals surface area contributed by atoms with Gasteiger partial charge in [0.2, 0.25) is 0 Å². The molecule has 0 aliphatic heterocycles. The van der Waals surface area contributed by atoms with E-state index in [1.54, 1.807) is 0 Å². The Balaban J connectivity index is 2.41. The van der Waals surface area contributed by atoms with Gasteiger partial charge in [-0.25, -0.2) is 4.79 Å². The van der Waals surface area contributed by atoms with E-state index in [2.05, 4.69) is 24.5 Å². The Labute approximate surface area is 115 Å². The molecule has 0 heterocycles. The minimum atomic E-state index is -0.233. The molecule has 2 amide bonds. The number of nitrogens with one attached hydrogen (secondary N) is 2. The van der Waals surface area contributed by atoms with Crippen molar-refractivity contribution in [1.82, 2.24) is 10.6 Å². The fourth-order valence-electron chi connectivity index (χ4n) is 1.97. The number of amides is 2. The highest BCUT2D eigenvalue weighted by atomic mass is 16.3. The van der Waals surface area contributed by atoms with E-state index in [9.17, 15) is 9.90 Å². The maximum atomic E-state index is 11.7. The zero-order valence-electron chi connectivity index (χ0n) is 11.9. The Morgan fingerprint density at radius 3 is 2.58 bits per heavy atom. The van der Waals surface area contributed by atoms with Crippen molar-refractivity contribution >= 4 is 6.03 Å². The van der Waals surface area contributed by atoms with Gasteiger partial charge in [-0.2, -0.15) is 0 Å². The van der Waals surface area contributed by atoms with E-state index in [4.69, 9.17) is 0 Å². The molecule has 0 saturated carbocycles. The van der Waals surface area contributed by atoms with Gasteiger partial charge in [-0.1, -0.05) is 38.1 Å². The van der Waals surface area contributed by atoms with E-state index in [1.165, 1.54) is 0 Å². The molecule has 1 atom stereocenters. The highest BCUT2D eigenvalue weighted by Crippen LogP contribution is 2.06. The molecule has 0 aliphatic rings. The van der Waals surface area contributed by atoms with Crippen molar-refractivity contribution in [3.63, 3.8) is 0 Å². The number of rotatable bonds is 6. The Bertz CT molecular complexity index is 405. The lowest BCUT2D eigenvalue weighted by molar-refractivity contribution is 0.206. The summed E-state index contributed by atoms with van der Waals surface area (Å²) in [5, 5.41) is 14.8. The third-order valence-electron chi connectivity index (χ3n) is 3.01. The Kier molecular flexibility index (Phi) is 6.36. The predicted octanol–water partition coefficient (Wildman–Crippen LogP) is 2.20.